The molecule has 0 unspecified atom stereocenters. The molecule has 3 nitrogen and oxygen atoms in total. The molecular formula is C21H39F9O3Si3. The van der Waals surface area contributed by atoms with Gasteiger partial charge < -0.3 is 12.3 Å². The average Bonchev–Trinajstić information content (AvgIpc) is 2.87. The molecule has 15 heteroatoms. The predicted octanol–water partition coefficient (Wildman–Crippen LogP) is 7.12. The number of hydrogen-bond acceptors (Lipinski definition) is 3. The summed E-state index contributed by atoms with van der Waals surface area (Å²) in [4.78, 5) is 0. The third kappa shape index (κ3) is 8.45. The summed E-state index contributed by atoms with van der Waals surface area (Å²) >= 11 is 0. The second kappa shape index (κ2) is 13.8. The van der Waals surface area contributed by atoms with Crippen molar-refractivity contribution in [2.45, 2.75) is 57.0 Å². The zero-order valence-corrected chi connectivity index (χ0v) is 24.2. The highest BCUT2D eigenvalue weighted by Gasteiger charge is 2.57. The molecule has 0 aromatic rings. The lowest BCUT2D eigenvalue weighted by Crippen LogP contribution is -2.67. The van der Waals surface area contributed by atoms with Crippen molar-refractivity contribution in [2.75, 3.05) is 60.1 Å². The van der Waals surface area contributed by atoms with Gasteiger partial charge in [0.2, 0.25) is 0 Å². The molecule has 1 aliphatic rings. The Labute approximate surface area is 211 Å². The lowest BCUT2D eigenvalue weighted by molar-refractivity contribution is 0.0973. The van der Waals surface area contributed by atoms with Crippen LogP contribution < -0.4 is 0 Å². The monoisotopic (exact) mass is 594 g/mol. The van der Waals surface area contributed by atoms with Gasteiger partial charge in [0.25, 0.3) is 0 Å². The van der Waals surface area contributed by atoms with Crippen LogP contribution in [0.2, 0.25) is 37.8 Å². The fourth-order valence-electron chi connectivity index (χ4n) is 4.14. The zero-order chi connectivity index (χ0) is 27.7. The van der Waals surface area contributed by atoms with Crippen molar-refractivity contribution in [3.63, 3.8) is 0 Å². The molecule has 0 aromatic carbocycles. The first kappa shape index (κ1) is 33.9. The maximum absolute atomic E-state index is 13.5. The van der Waals surface area contributed by atoms with Crippen molar-refractivity contribution in [2.24, 2.45) is 16.2 Å². The molecule has 0 bridgehead atoms. The lowest BCUT2D eigenvalue weighted by atomic mass is 9.90. The molecule has 1 fully saturated rings. The van der Waals surface area contributed by atoms with Crippen molar-refractivity contribution >= 4 is 25.7 Å². The van der Waals surface area contributed by atoms with Crippen molar-refractivity contribution in [3.05, 3.63) is 0 Å². The van der Waals surface area contributed by atoms with Crippen LogP contribution in [0.5, 0.6) is 0 Å². The summed E-state index contributed by atoms with van der Waals surface area (Å²) in [5.74, 6) is 0. The van der Waals surface area contributed by atoms with Crippen LogP contribution in [0, 0.1) is 16.2 Å². The van der Waals surface area contributed by atoms with E-state index in [0.29, 0.717) is 0 Å². The molecular weight excluding hydrogens is 555 g/mol. The van der Waals surface area contributed by atoms with Crippen LogP contribution in [0.1, 0.15) is 19.3 Å². The normalized spacial score (nSPS) is 28.0. The van der Waals surface area contributed by atoms with E-state index in [-0.39, 0.29) is 37.4 Å². The maximum Gasteiger partial charge on any atom is 0.317 e. The molecule has 1 aliphatic heterocycles. The fraction of sp³-hybridized carbons (Fsp3) is 1.00. The van der Waals surface area contributed by atoms with E-state index in [9.17, 15) is 39.5 Å². The Morgan fingerprint density at radius 1 is 0.389 bits per heavy atom. The summed E-state index contributed by atoms with van der Waals surface area (Å²) in [6, 6.07) is -0.124. The molecule has 0 aromatic heterocycles. The van der Waals surface area contributed by atoms with Crippen LogP contribution in [0.3, 0.4) is 0 Å². The van der Waals surface area contributed by atoms with Gasteiger partial charge in [0.15, 0.2) is 0 Å². The van der Waals surface area contributed by atoms with Gasteiger partial charge in [-0.25, -0.2) is 0 Å². The summed E-state index contributed by atoms with van der Waals surface area (Å²) in [6.45, 7) is -6.46. The molecule has 0 atom stereocenters. The molecule has 1 rings (SSSR count). The van der Waals surface area contributed by atoms with Crippen LogP contribution in [-0.2, 0) is 12.3 Å². The van der Waals surface area contributed by atoms with Crippen LogP contribution >= 0.6 is 0 Å². The second-order valence-corrected chi connectivity index (χ2v) is 21.7. The summed E-state index contributed by atoms with van der Waals surface area (Å²) in [5.41, 5.74) is -5.60. The number of rotatable bonds is 18. The third-order valence-corrected chi connectivity index (χ3v) is 21.0. The first-order chi connectivity index (χ1) is 16.8. The molecule has 0 radical (unpaired) electrons. The summed E-state index contributed by atoms with van der Waals surface area (Å²) in [7, 11) is -10.2. The summed E-state index contributed by atoms with van der Waals surface area (Å²) in [5, 5.41) is 0. The number of hydrogen-bond donors (Lipinski definition) is 0. The standard InChI is InChI=1S/C21H39F9O3Si3/c1-34(7-4-19(10-22,11-23)12-24)31-35(2,8-5-20(13-25,14-26)15-27)33-36(3,32-34)9-6-21(16-28,17-29)18-30/h4-18H2,1-3H3. The Balaban J connectivity index is 3.27. The van der Waals surface area contributed by atoms with Crippen LogP contribution in [0.4, 0.5) is 39.5 Å². The van der Waals surface area contributed by atoms with Crippen molar-refractivity contribution in [1.29, 1.82) is 0 Å². The predicted molar refractivity (Wildman–Crippen MR) is 127 cm³/mol. The SMILES string of the molecule is C[Si]1(CCC(CF)(CF)CF)O[Si](C)(CCC(CF)(CF)CF)O[Si](C)(CCC(CF)(CF)CF)O1. The highest BCUT2D eigenvalue weighted by Crippen LogP contribution is 2.43. The van der Waals surface area contributed by atoms with Crippen LogP contribution in [0.25, 0.3) is 0 Å². The van der Waals surface area contributed by atoms with Crippen LogP contribution in [0.15, 0.2) is 0 Å². The van der Waals surface area contributed by atoms with Gasteiger partial charge in [0, 0.05) is 0 Å². The highest BCUT2D eigenvalue weighted by atomic mass is 28.5. The number of alkyl halides is 9. The Kier molecular flexibility index (Phi) is 13.0. The van der Waals surface area contributed by atoms with E-state index in [1.807, 2.05) is 0 Å². The Bertz CT molecular complexity index is 537. The minimum absolute atomic E-state index is 0.0414. The van der Waals surface area contributed by atoms with Crippen molar-refractivity contribution < 1.29 is 51.9 Å². The van der Waals surface area contributed by atoms with Gasteiger partial charge in [-0.05, 0) is 57.0 Å². The molecule has 0 saturated carbocycles. The number of halogens is 9. The van der Waals surface area contributed by atoms with Gasteiger partial charge >= 0.3 is 25.7 Å². The molecule has 36 heavy (non-hydrogen) atoms. The Morgan fingerprint density at radius 2 is 0.556 bits per heavy atom. The molecule has 0 N–H and O–H groups in total. The van der Waals surface area contributed by atoms with Gasteiger partial charge in [-0.2, -0.15) is 0 Å². The third-order valence-electron chi connectivity index (χ3n) is 7.18. The van der Waals surface area contributed by atoms with Gasteiger partial charge in [-0.15, -0.1) is 0 Å². The fourth-order valence-corrected chi connectivity index (χ4v) is 22.1. The lowest BCUT2D eigenvalue weighted by Gasteiger charge is -2.51. The van der Waals surface area contributed by atoms with E-state index in [1.54, 1.807) is 19.6 Å². The minimum Gasteiger partial charge on any atom is -0.416 e. The molecule has 0 spiro atoms. The summed E-state index contributed by atoms with van der Waals surface area (Å²) < 4.78 is 140. The highest BCUT2D eigenvalue weighted by molar-refractivity contribution is 6.93. The molecule has 1 heterocycles. The van der Waals surface area contributed by atoms with Gasteiger partial charge in [0.1, 0.15) is 60.1 Å². The first-order valence-electron chi connectivity index (χ1n) is 11.9. The minimum atomic E-state index is -3.38. The molecule has 0 aliphatic carbocycles. The Hall–Kier alpha value is -0.0994. The van der Waals surface area contributed by atoms with Crippen molar-refractivity contribution in [3.8, 4) is 0 Å². The van der Waals surface area contributed by atoms with E-state index in [4.69, 9.17) is 12.3 Å². The molecule has 216 valence electrons. The average molecular weight is 595 g/mol. The largest absolute Gasteiger partial charge is 0.416 e. The zero-order valence-electron chi connectivity index (χ0n) is 21.2. The molecule has 1 saturated heterocycles. The summed E-state index contributed by atoms with van der Waals surface area (Å²) in [6.07, 6.45) is -0.747. The quantitative estimate of drug-likeness (QED) is 0.125. The van der Waals surface area contributed by atoms with Gasteiger partial charge in [0.05, 0.1) is 16.2 Å². The van der Waals surface area contributed by atoms with Gasteiger partial charge in [-0.3, -0.25) is 39.5 Å². The van der Waals surface area contributed by atoms with E-state index in [1.165, 1.54) is 0 Å². The smallest absolute Gasteiger partial charge is 0.317 e. The topological polar surface area (TPSA) is 27.7 Å². The molecule has 0 amide bonds. The Morgan fingerprint density at radius 3 is 0.694 bits per heavy atom. The second-order valence-electron chi connectivity index (χ2n) is 10.9. The van der Waals surface area contributed by atoms with E-state index >= 15 is 0 Å². The maximum atomic E-state index is 13.5. The van der Waals surface area contributed by atoms with Gasteiger partial charge in [-0.1, -0.05) is 0 Å². The van der Waals surface area contributed by atoms with Crippen molar-refractivity contribution in [1.82, 2.24) is 0 Å². The van der Waals surface area contributed by atoms with E-state index in [0.717, 1.165) is 0 Å². The van der Waals surface area contributed by atoms with Crippen LogP contribution in [-0.4, -0.2) is 85.8 Å². The van der Waals surface area contributed by atoms with E-state index in [2.05, 4.69) is 0 Å². The van der Waals surface area contributed by atoms with E-state index < -0.39 is 102 Å². The first-order valence-corrected chi connectivity index (χ1v) is 19.5.